The van der Waals surface area contributed by atoms with Crippen LogP contribution in [0.3, 0.4) is 0 Å². The largest absolute Gasteiger partial charge is 0.497 e. The van der Waals surface area contributed by atoms with Crippen molar-refractivity contribution in [3.8, 4) is 5.75 Å². The van der Waals surface area contributed by atoms with Gasteiger partial charge in [0, 0.05) is 27.9 Å². The van der Waals surface area contributed by atoms with Crippen LogP contribution < -0.4 is 4.74 Å². The first-order valence-electron chi connectivity index (χ1n) is 7.14. The van der Waals surface area contributed by atoms with Crippen LogP contribution in [0, 0.1) is 13.8 Å². The van der Waals surface area contributed by atoms with Crippen LogP contribution in [-0.4, -0.2) is 17.1 Å². The van der Waals surface area contributed by atoms with E-state index in [0.29, 0.717) is 5.15 Å². The lowest BCUT2D eigenvalue weighted by atomic mass is 9.97. The highest BCUT2D eigenvalue weighted by atomic mass is 35.5. The van der Waals surface area contributed by atoms with Crippen molar-refractivity contribution in [2.24, 2.45) is 0 Å². The fourth-order valence-electron chi connectivity index (χ4n) is 3.33. The van der Waals surface area contributed by atoms with Gasteiger partial charge in [0.05, 0.1) is 12.6 Å². The number of benzene rings is 2. The lowest BCUT2D eigenvalue weighted by molar-refractivity contribution is 0.415. The first kappa shape index (κ1) is 13.4. The number of hydrogen-bond acceptors (Lipinski definition) is 2. The molecule has 0 spiro atoms. The number of H-pyrrole nitrogens is 1. The van der Waals surface area contributed by atoms with Gasteiger partial charge in [0.15, 0.2) is 0 Å². The highest BCUT2D eigenvalue weighted by molar-refractivity contribution is 6.35. The van der Waals surface area contributed by atoms with Crippen molar-refractivity contribution in [3.05, 3.63) is 46.7 Å². The van der Waals surface area contributed by atoms with Gasteiger partial charge in [-0.15, -0.1) is 0 Å². The predicted octanol–water partition coefficient (Wildman–Crippen LogP) is 5.15. The summed E-state index contributed by atoms with van der Waals surface area (Å²) in [7, 11) is 1.68. The number of nitrogens with one attached hydrogen (secondary N) is 1. The first-order chi connectivity index (χ1) is 10.6. The minimum atomic E-state index is 0.553. The van der Waals surface area contributed by atoms with Crippen molar-refractivity contribution >= 4 is 44.2 Å². The molecule has 4 heteroatoms. The van der Waals surface area contributed by atoms with E-state index in [1.54, 1.807) is 13.3 Å². The standard InChI is InChI=1S/C18H15ClN2O/c1-9-12-6-7-20-18(19)16(12)10(2)15-13-8-11(22-3)4-5-14(13)21-17(9)15/h4-8,21H,1-3H3. The molecule has 2 heterocycles. The molecule has 4 aromatic rings. The average Bonchev–Trinajstić information content (AvgIpc) is 2.91. The molecule has 1 N–H and O–H groups in total. The minimum absolute atomic E-state index is 0.553. The Balaban J connectivity index is 2.31. The third-order valence-electron chi connectivity index (χ3n) is 4.44. The molecule has 0 amide bonds. The Bertz CT molecular complexity index is 1050. The molecule has 0 aliphatic carbocycles. The zero-order valence-corrected chi connectivity index (χ0v) is 13.4. The summed E-state index contributed by atoms with van der Waals surface area (Å²) in [5, 5.41) is 5.06. The number of aromatic nitrogens is 2. The summed E-state index contributed by atoms with van der Waals surface area (Å²) in [6.45, 7) is 4.22. The Kier molecular flexibility index (Phi) is 2.81. The number of aromatic amines is 1. The Labute approximate surface area is 132 Å². The van der Waals surface area contributed by atoms with Crippen LogP contribution in [0.25, 0.3) is 32.6 Å². The molecule has 0 bridgehead atoms. The normalized spacial score (nSPS) is 11.6. The van der Waals surface area contributed by atoms with E-state index in [1.807, 2.05) is 12.1 Å². The molecule has 2 aromatic carbocycles. The summed E-state index contributed by atoms with van der Waals surface area (Å²) in [5.74, 6) is 0.850. The van der Waals surface area contributed by atoms with Gasteiger partial charge in [-0.1, -0.05) is 11.6 Å². The molecule has 3 nitrogen and oxygen atoms in total. The molecule has 0 aliphatic heterocycles. The zero-order valence-electron chi connectivity index (χ0n) is 12.6. The maximum absolute atomic E-state index is 6.37. The number of fused-ring (bicyclic) bond motifs is 4. The van der Waals surface area contributed by atoms with Gasteiger partial charge < -0.3 is 9.72 Å². The van der Waals surface area contributed by atoms with Gasteiger partial charge in [0.25, 0.3) is 0 Å². The average molecular weight is 311 g/mol. The number of pyridine rings is 1. The van der Waals surface area contributed by atoms with Gasteiger partial charge >= 0.3 is 0 Å². The summed E-state index contributed by atoms with van der Waals surface area (Å²) < 4.78 is 5.37. The highest BCUT2D eigenvalue weighted by Gasteiger charge is 2.16. The van der Waals surface area contributed by atoms with Gasteiger partial charge in [-0.3, -0.25) is 0 Å². The minimum Gasteiger partial charge on any atom is -0.497 e. The molecule has 2 aromatic heterocycles. The van der Waals surface area contributed by atoms with E-state index in [0.717, 1.165) is 38.5 Å². The molecule has 0 atom stereocenters. The third kappa shape index (κ3) is 1.66. The van der Waals surface area contributed by atoms with Gasteiger partial charge in [-0.25, -0.2) is 4.98 Å². The van der Waals surface area contributed by atoms with Gasteiger partial charge in [-0.05, 0) is 54.6 Å². The number of aryl methyl sites for hydroxylation is 2. The Hall–Kier alpha value is -2.26. The predicted molar refractivity (Wildman–Crippen MR) is 92.1 cm³/mol. The smallest absolute Gasteiger partial charge is 0.137 e. The van der Waals surface area contributed by atoms with Crippen molar-refractivity contribution in [1.82, 2.24) is 9.97 Å². The molecule has 4 rings (SSSR count). The summed E-state index contributed by atoms with van der Waals surface area (Å²) in [4.78, 5) is 7.78. The molecule has 0 aliphatic rings. The second-order valence-electron chi connectivity index (χ2n) is 5.56. The van der Waals surface area contributed by atoms with E-state index < -0.39 is 0 Å². The number of ether oxygens (including phenoxy) is 1. The Morgan fingerprint density at radius 3 is 2.64 bits per heavy atom. The van der Waals surface area contributed by atoms with Crippen LogP contribution in [0.15, 0.2) is 30.5 Å². The van der Waals surface area contributed by atoms with Crippen LogP contribution >= 0.6 is 11.6 Å². The zero-order chi connectivity index (χ0) is 15.4. The van der Waals surface area contributed by atoms with Gasteiger partial charge in [-0.2, -0.15) is 0 Å². The summed E-state index contributed by atoms with van der Waals surface area (Å²) in [6, 6.07) is 8.11. The van der Waals surface area contributed by atoms with Gasteiger partial charge in [0.1, 0.15) is 10.9 Å². The van der Waals surface area contributed by atoms with E-state index in [1.165, 1.54) is 10.9 Å². The van der Waals surface area contributed by atoms with Crippen LogP contribution in [0.5, 0.6) is 5.75 Å². The van der Waals surface area contributed by atoms with Crippen LogP contribution in [0.1, 0.15) is 11.1 Å². The number of nitrogens with zero attached hydrogens (tertiary/aromatic N) is 1. The third-order valence-corrected chi connectivity index (χ3v) is 4.73. The Morgan fingerprint density at radius 2 is 1.86 bits per heavy atom. The number of methoxy groups -OCH3 is 1. The molecular formula is C18H15ClN2O. The van der Waals surface area contributed by atoms with E-state index in [2.05, 4.69) is 35.9 Å². The molecule has 0 radical (unpaired) electrons. The molecular weight excluding hydrogens is 296 g/mol. The number of halogens is 1. The topological polar surface area (TPSA) is 37.9 Å². The summed E-state index contributed by atoms with van der Waals surface area (Å²) in [6.07, 6.45) is 1.76. The van der Waals surface area contributed by atoms with Crippen molar-refractivity contribution in [3.63, 3.8) is 0 Å². The number of rotatable bonds is 1. The maximum atomic E-state index is 6.37. The van der Waals surface area contributed by atoms with Crippen molar-refractivity contribution in [2.45, 2.75) is 13.8 Å². The Morgan fingerprint density at radius 1 is 1.05 bits per heavy atom. The first-order valence-corrected chi connectivity index (χ1v) is 7.52. The molecule has 0 fully saturated rings. The lowest BCUT2D eigenvalue weighted by Gasteiger charge is -2.10. The molecule has 22 heavy (non-hydrogen) atoms. The quantitative estimate of drug-likeness (QED) is 0.494. The van der Waals surface area contributed by atoms with Crippen molar-refractivity contribution in [2.75, 3.05) is 7.11 Å². The SMILES string of the molecule is COc1ccc2[nH]c3c(C)c4ccnc(Cl)c4c(C)c3c2c1. The summed E-state index contributed by atoms with van der Waals surface area (Å²) in [5.41, 5.74) is 4.58. The lowest BCUT2D eigenvalue weighted by Crippen LogP contribution is -1.89. The van der Waals surface area contributed by atoms with Crippen LogP contribution in [0.2, 0.25) is 5.15 Å². The maximum Gasteiger partial charge on any atom is 0.137 e. The molecule has 110 valence electrons. The molecule has 0 unspecified atom stereocenters. The van der Waals surface area contributed by atoms with E-state index >= 15 is 0 Å². The molecule has 0 saturated heterocycles. The van der Waals surface area contributed by atoms with Gasteiger partial charge in [0.2, 0.25) is 0 Å². The van der Waals surface area contributed by atoms with Crippen LogP contribution in [-0.2, 0) is 0 Å². The highest BCUT2D eigenvalue weighted by Crippen LogP contribution is 2.39. The fraction of sp³-hybridized carbons (Fsp3) is 0.167. The van der Waals surface area contributed by atoms with E-state index in [-0.39, 0.29) is 0 Å². The van der Waals surface area contributed by atoms with E-state index in [9.17, 15) is 0 Å². The van der Waals surface area contributed by atoms with Crippen LogP contribution in [0.4, 0.5) is 0 Å². The number of hydrogen-bond donors (Lipinski definition) is 1. The summed E-state index contributed by atoms with van der Waals surface area (Å²) >= 11 is 6.37. The second kappa shape index (κ2) is 4.62. The molecule has 0 saturated carbocycles. The monoisotopic (exact) mass is 310 g/mol. The van der Waals surface area contributed by atoms with Crippen molar-refractivity contribution < 1.29 is 4.74 Å². The van der Waals surface area contributed by atoms with E-state index in [4.69, 9.17) is 16.3 Å². The van der Waals surface area contributed by atoms with Crippen molar-refractivity contribution in [1.29, 1.82) is 0 Å². The second-order valence-corrected chi connectivity index (χ2v) is 5.92. The fourth-order valence-corrected chi connectivity index (χ4v) is 3.63.